The molecule has 3 saturated heterocycles. The van der Waals surface area contributed by atoms with Crippen molar-refractivity contribution in [2.45, 2.75) is 63.6 Å². The zero-order chi connectivity index (χ0) is 33.2. The Labute approximate surface area is 282 Å². The number of rotatable bonds is 6. The van der Waals surface area contributed by atoms with Crippen LogP contribution >= 0.6 is 0 Å². The van der Waals surface area contributed by atoms with Gasteiger partial charge in [-0.15, -0.1) is 0 Å². The van der Waals surface area contributed by atoms with Gasteiger partial charge in [0.25, 0.3) is 5.91 Å². The first-order chi connectivity index (χ1) is 23.3. The third kappa shape index (κ3) is 7.00. The number of hydrogen-bond acceptors (Lipinski definition) is 7. The van der Waals surface area contributed by atoms with Crippen LogP contribution in [-0.4, -0.2) is 137 Å². The van der Waals surface area contributed by atoms with Crippen molar-refractivity contribution in [3.8, 4) is 0 Å². The van der Waals surface area contributed by atoms with Crippen LogP contribution in [0.1, 0.15) is 42.4 Å². The first kappa shape index (κ1) is 32.4. The average molecular weight is 657 g/mol. The number of aryl methyl sites for hydroxylation is 1. The van der Waals surface area contributed by atoms with Crippen LogP contribution in [0.25, 0.3) is 10.9 Å². The summed E-state index contributed by atoms with van der Waals surface area (Å²) in [7, 11) is 2.18. The normalized spacial score (nSPS) is 21.1. The zero-order valence-electron chi connectivity index (χ0n) is 28.2. The summed E-state index contributed by atoms with van der Waals surface area (Å²) in [5.41, 5.74) is 4.94. The maximum Gasteiger partial charge on any atom is 0.410 e. The summed E-state index contributed by atoms with van der Waals surface area (Å²) in [5.74, 6) is -0.132. The van der Waals surface area contributed by atoms with E-state index >= 15 is 0 Å². The molecule has 0 saturated carbocycles. The van der Waals surface area contributed by atoms with E-state index in [0.29, 0.717) is 58.0 Å². The van der Waals surface area contributed by atoms with Crippen molar-refractivity contribution in [2.75, 3.05) is 71.3 Å². The summed E-state index contributed by atoms with van der Waals surface area (Å²) >= 11 is 0. The minimum Gasteiger partial charge on any atom is -0.436 e. The average Bonchev–Trinajstić information content (AvgIpc) is 3.52. The second-order valence-electron chi connectivity index (χ2n) is 14.0. The highest BCUT2D eigenvalue weighted by atomic mass is 16.6. The highest BCUT2D eigenvalue weighted by Crippen LogP contribution is 2.26. The molecule has 4 amide bonds. The van der Waals surface area contributed by atoms with Gasteiger partial charge in [-0.3, -0.25) is 14.8 Å². The van der Waals surface area contributed by atoms with E-state index in [9.17, 15) is 14.4 Å². The summed E-state index contributed by atoms with van der Waals surface area (Å²) in [6, 6.07) is 12.5. The molecule has 48 heavy (non-hydrogen) atoms. The number of aromatic nitrogens is 2. The van der Waals surface area contributed by atoms with Crippen LogP contribution < -0.4 is 5.32 Å². The lowest BCUT2D eigenvalue weighted by molar-refractivity contribution is -0.143. The Kier molecular flexibility index (Phi) is 9.54. The maximum atomic E-state index is 14.1. The molecule has 3 fully saturated rings. The lowest BCUT2D eigenvalue weighted by Crippen LogP contribution is -2.56. The number of carbonyl (C=O) groups excluding carboxylic acids is 3. The minimum atomic E-state index is -0.927. The fourth-order valence-corrected chi connectivity index (χ4v) is 7.99. The van der Waals surface area contributed by atoms with E-state index in [-0.39, 0.29) is 18.0 Å². The third-order valence-electron chi connectivity index (χ3n) is 10.9. The van der Waals surface area contributed by atoms with Crippen molar-refractivity contribution in [3.05, 3.63) is 59.3 Å². The highest BCUT2D eigenvalue weighted by molar-refractivity contribution is 5.91. The minimum absolute atomic E-state index is 0.0336. The quantitative estimate of drug-likeness (QED) is 0.416. The summed E-state index contributed by atoms with van der Waals surface area (Å²) < 4.78 is 6.12. The van der Waals surface area contributed by atoms with E-state index in [1.807, 2.05) is 47.1 Å². The van der Waals surface area contributed by atoms with Gasteiger partial charge in [0, 0.05) is 75.4 Å². The standard InChI is InChI=1S/C36H48N8O4/c1-25-21-26(22-28-24-37-39-33(25)28)23-32(34(45)42-19-17-41(18-20-42)29-8-12-40(2)13-9-29)48-36(47)43-14-10-30(11-15-43)44-16-7-27-5-3-4-6-31(27)38-35(44)46/h3-6,21-22,24,29-30,32H,7-20,23H2,1-2H3,(H,37,39)(H,38,46). The number of anilines is 1. The lowest BCUT2D eigenvalue weighted by atomic mass is 10.0. The third-order valence-corrected chi connectivity index (χ3v) is 10.9. The highest BCUT2D eigenvalue weighted by Gasteiger charge is 2.36. The first-order valence-electron chi connectivity index (χ1n) is 17.6. The molecule has 256 valence electrons. The Balaban J connectivity index is 0.996. The number of urea groups is 1. The number of amides is 4. The van der Waals surface area contributed by atoms with Gasteiger partial charge >= 0.3 is 12.1 Å². The van der Waals surface area contributed by atoms with Crippen LogP contribution in [0.5, 0.6) is 0 Å². The van der Waals surface area contributed by atoms with Crippen molar-refractivity contribution in [2.24, 2.45) is 0 Å². The molecule has 1 unspecified atom stereocenters. The summed E-state index contributed by atoms with van der Waals surface area (Å²) in [6.07, 6.45) is 5.11. The molecule has 1 aromatic heterocycles. The van der Waals surface area contributed by atoms with E-state index in [1.165, 1.54) is 0 Å². The number of aromatic amines is 1. The van der Waals surface area contributed by atoms with Crippen LogP contribution in [0.3, 0.4) is 0 Å². The Hall–Kier alpha value is -4.16. The van der Waals surface area contributed by atoms with Crippen molar-refractivity contribution in [1.29, 1.82) is 0 Å². The molecule has 5 heterocycles. The lowest BCUT2D eigenvalue weighted by Gasteiger charge is -2.42. The first-order valence-corrected chi connectivity index (χ1v) is 17.6. The van der Waals surface area contributed by atoms with Crippen LogP contribution in [0, 0.1) is 6.92 Å². The molecule has 2 N–H and O–H groups in total. The number of benzene rings is 2. The molecule has 12 nitrogen and oxygen atoms in total. The van der Waals surface area contributed by atoms with E-state index in [2.05, 4.69) is 38.4 Å². The van der Waals surface area contributed by atoms with Crippen molar-refractivity contribution < 1.29 is 19.1 Å². The SMILES string of the molecule is Cc1cc(CC(OC(=O)N2CCC(N3CCc4ccccc4NC3=O)CC2)C(=O)N2CCN(C3CCN(C)CC3)CC2)cc2cn[nH]c12. The molecule has 7 rings (SSSR count). The van der Waals surface area contributed by atoms with Crippen molar-refractivity contribution in [3.63, 3.8) is 0 Å². The number of nitrogens with one attached hydrogen (secondary N) is 2. The number of H-pyrrole nitrogens is 1. The summed E-state index contributed by atoms with van der Waals surface area (Å²) in [5, 5.41) is 11.3. The predicted molar refractivity (Wildman–Crippen MR) is 184 cm³/mol. The van der Waals surface area contributed by atoms with E-state index in [0.717, 1.165) is 78.7 Å². The van der Waals surface area contributed by atoms with Crippen LogP contribution in [-0.2, 0) is 22.4 Å². The zero-order valence-corrected chi connectivity index (χ0v) is 28.2. The fourth-order valence-electron chi connectivity index (χ4n) is 7.99. The van der Waals surface area contributed by atoms with Gasteiger partial charge in [-0.2, -0.15) is 5.10 Å². The van der Waals surface area contributed by atoms with Gasteiger partial charge < -0.3 is 29.7 Å². The number of ether oxygens (including phenoxy) is 1. The van der Waals surface area contributed by atoms with Gasteiger partial charge in [0.2, 0.25) is 0 Å². The predicted octanol–water partition coefficient (Wildman–Crippen LogP) is 3.71. The van der Waals surface area contributed by atoms with Crippen LogP contribution in [0.15, 0.2) is 42.6 Å². The number of hydrogen-bond donors (Lipinski definition) is 2. The largest absolute Gasteiger partial charge is 0.436 e. The van der Waals surface area contributed by atoms with Crippen LogP contribution in [0.4, 0.5) is 15.3 Å². The van der Waals surface area contributed by atoms with E-state index in [1.54, 1.807) is 11.1 Å². The molecule has 0 radical (unpaired) electrons. The van der Waals surface area contributed by atoms with Crippen molar-refractivity contribution >= 4 is 34.6 Å². The topological polar surface area (TPSA) is 117 Å². The van der Waals surface area contributed by atoms with Gasteiger partial charge in [-0.1, -0.05) is 24.3 Å². The number of fused-ring (bicyclic) bond motifs is 2. The van der Waals surface area contributed by atoms with Gasteiger partial charge in [0.05, 0.1) is 11.7 Å². The molecule has 2 aromatic carbocycles. The maximum absolute atomic E-state index is 14.1. The number of nitrogens with zero attached hydrogens (tertiary/aromatic N) is 6. The van der Waals surface area contributed by atoms with E-state index in [4.69, 9.17) is 4.74 Å². The summed E-state index contributed by atoms with van der Waals surface area (Å²) in [6.45, 7) is 8.75. The monoisotopic (exact) mass is 656 g/mol. The number of carbonyl (C=O) groups is 3. The van der Waals surface area contributed by atoms with Gasteiger partial charge in [0.15, 0.2) is 6.10 Å². The van der Waals surface area contributed by atoms with Crippen LogP contribution in [0.2, 0.25) is 0 Å². The Morgan fingerprint density at radius 3 is 2.42 bits per heavy atom. The smallest absolute Gasteiger partial charge is 0.410 e. The molecule has 4 aliphatic heterocycles. The fraction of sp³-hybridized carbons (Fsp3) is 0.556. The molecule has 12 heteroatoms. The molecule has 4 aliphatic rings. The molecule has 0 bridgehead atoms. The molecular weight excluding hydrogens is 608 g/mol. The summed E-state index contributed by atoms with van der Waals surface area (Å²) in [4.78, 5) is 51.3. The van der Waals surface area contributed by atoms with Gasteiger partial charge in [0.1, 0.15) is 0 Å². The Morgan fingerprint density at radius 2 is 1.65 bits per heavy atom. The number of para-hydroxylation sites is 1. The van der Waals surface area contributed by atoms with Crippen molar-refractivity contribution in [1.82, 2.24) is 34.7 Å². The molecular formula is C36H48N8O4. The van der Waals surface area contributed by atoms with E-state index < -0.39 is 12.2 Å². The number of piperazine rings is 1. The second kappa shape index (κ2) is 14.1. The Morgan fingerprint density at radius 1 is 0.917 bits per heavy atom. The molecule has 0 spiro atoms. The second-order valence-corrected chi connectivity index (χ2v) is 14.0. The van der Waals surface area contributed by atoms with Gasteiger partial charge in [-0.25, -0.2) is 9.59 Å². The molecule has 3 aromatic rings. The number of piperidine rings is 2. The number of likely N-dealkylation sites (tertiary alicyclic amines) is 2. The molecule has 0 aliphatic carbocycles. The Bertz CT molecular complexity index is 1620. The van der Waals surface area contributed by atoms with Gasteiger partial charge in [-0.05, 0) is 88.0 Å². The molecule has 1 atom stereocenters.